The Morgan fingerprint density at radius 1 is 1.57 bits per heavy atom. The summed E-state index contributed by atoms with van der Waals surface area (Å²) in [6.45, 7) is 1.97. The highest BCUT2D eigenvalue weighted by Gasteiger charge is 1.99. The largest absolute Gasteiger partial charge is 0.377 e. The Bertz CT molecular complexity index is 352. The van der Waals surface area contributed by atoms with Gasteiger partial charge in [0.1, 0.15) is 0 Å². The number of thioether (sulfide) groups is 1. The smallest absolute Gasteiger partial charge is 0.177 e. The summed E-state index contributed by atoms with van der Waals surface area (Å²) in [4.78, 5) is 0. The lowest BCUT2D eigenvalue weighted by Crippen LogP contribution is -2.09. The lowest BCUT2D eigenvalue weighted by molar-refractivity contribution is 1.25. The van der Waals surface area contributed by atoms with Gasteiger partial charge in [-0.25, -0.2) is 0 Å². The number of hydrazone groups is 1. The summed E-state index contributed by atoms with van der Waals surface area (Å²) < 4.78 is 0. The lowest BCUT2D eigenvalue weighted by atomic mass is 10.2. The van der Waals surface area contributed by atoms with Crippen LogP contribution in [-0.2, 0) is 5.75 Å². The maximum atomic E-state index is 5.90. The average molecular weight is 230 g/mol. The first-order valence-electron chi connectivity index (χ1n) is 4.04. The second-order valence-electron chi connectivity index (χ2n) is 2.84. The highest BCUT2D eigenvalue weighted by atomic mass is 35.5. The van der Waals surface area contributed by atoms with Crippen molar-refractivity contribution in [3.63, 3.8) is 0 Å². The normalized spacial score (nSPS) is 11.7. The molecular weight excluding hydrogens is 218 g/mol. The molecule has 0 aliphatic rings. The van der Waals surface area contributed by atoms with Crippen LogP contribution in [0.3, 0.4) is 0 Å². The van der Waals surface area contributed by atoms with Crippen LogP contribution in [0.5, 0.6) is 0 Å². The van der Waals surface area contributed by atoms with Gasteiger partial charge < -0.3 is 11.6 Å². The van der Waals surface area contributed by atoms with Crippen LogP contribution in [0.25, 0.3) is 0 Å². The highest BCUT2D eigenvalue weighted by molar-refractivity contribution is 8.13. The fourth-order valence-electron chi connectivity index (χ4n) is 0.991. The van der Waals surface area contributed by atoms with Crippen LogP contribution in [0.4, 0.5) is 0 Å². The summed E-state index contributed by atoms with van der Waals surface area (Å²) >= 11 is 7.30. The van der Waals surface area contributed by atoms with Gasteiger partial charge in [0.05, 0.1) is 0 Å². The number of aryl methyl sites for hydroxylation is 1. The molecule has 0 aliphatic heterocycles. The molecule has 5 heteroatoms. The standard InChI is InChI=1S/C9H12ClN3S/c1-6-4-7(2-3-8(6)10)5-14-9(11)13-12/h2-4H,5,12H2,1H3,(H2,11,13). The summed E-state index contributed by atoms with van der Waals surface area (Å²) in [5.74, 6) is 5.77. The van der Waals surface area contributed by atoms with E-state index in [9.17, 15) is 0 Å². The van der Waals surface area contributed by atoms with Gasteiger partial charge in [0.15, 0.2) is 5.17 Å². The third kappa shape index (κ3) is 3.12. The Morgan fingerprint density at radius 2 is 2.29 bits per heavy atom. The van der Waals surface area contributed by atoms with Crippen LogP contribution in [0.2, 0.25) is 5.02 Å². The first-order chi connectivity index (χ1) is 6.63. The van der Waals surface area contributed by atoms with Gasteiger partial charge in [0.25, 0.3) is 0 Å². The quantitative estimate of drug-likeness (QED) is 0.353. The molecule has 0 saturated carbocycles. The molecule has 0 amide bonds. The molecule has 0 spiro atoms. The molecule has 0 unspecified atom stereocenters. The molecule has 3 nitrogen and oxygen atoms in total. The predicted octanol–water partition coefficient (Wildman–Crippen LogP) is 2.07. The highest BCUT2D eigenvalue weighted by Crippen LogP contribution is 2.19. The van der Waals surface area contributed by atoms with Crippen LogP contribution in [-0.4, -0.2) is 5.17 Å². The van der Waals surface area contributed by atoms with Gasteiger partial charge in [-0.05, 0) is 24.1 Å². The summed E-state index contributed by atoms with van der Waals surface area (Å²) in [5, 5.41) is 4.54. The number of nitrogens with zero attached hydrogens (tertiary/aromatic N) is 1. The summed E-state index contributed by atoms with van der Waals surface area (Å²) in [6.07, 6.45) is 0. The van der Waals surface area contributed by atoms with Crippen LogP contribution in [0.15, 0.2) is 23.3 Å². The van der Waals surface area contributed by atoms with E-state index in [-0.39, 0.29) is 0 Å². The molecular formula is C9H12ClN3S. The van der Waals surface area contributed by atoms with E-state index in [1.165, 1.54) is 11.8 Å². The SMILES string of the molecule is Cc1cc(CS/C(N)=N/N)ccc1Cl. The van der Waals surface area contributed by atoms with E-state index < -0.39 is 0 Å². The van der Waals surface area contributed by atoms with Crippen LogP contribution >= 0.6 is 23.4 Å². The van der Waals surface area contributed by atoms with Crippen LogP contribution in [0, 0.1) is 6.92 Å². The molecule has 0 aromatic heterocycles. The summed E-state index contributed by atoms with van der Waals surface area (Å²) in [5.41, 5.74) is 7.67. The molecule has 1 aromatic rings. The number of amidine groups is 1. The Morgan fingerprint density at radius 3 is 2.86 bits per heavy atom. The second-order valence-corrected chi connectivity index (χ2v) is 4.24. The van der Waals surface area contributed by atoms with Crippen molar-refractivity contribution in [1.29, 1.82) is 0 Å². The Labute approximate surface area is 92.5 Å². The zero-order valence-electron chi connectivity index (χ0n) is 7.83. The number of rotatable bonds is 2. The number of nitrogens with two attached hydrogens (primary N) is 2. The maximum absolute atomic E-state index is 5.90. The topological polar surface area (TPSA) is 64.4 Å². The average Bonchev–Trinajstić information content (AvgIpc) is 2.19. The number of hydrogen-bond acceptors (Lipinski definition) is 3. The number of halogens is 1. The molecule has 0 radical (unpaired) electrons. The molecule has 0 bridgehead atoms. The minimum atomic E-state index is 0.387. The van der Waals surface area contributed by atoms with Crippen molar-refractivity contribution in [2.75, 3.05) is 0 Å². The Hall–Kier alpha value is -0.870. The molecule has 0 saturated heterocycles. The van der Waals surface area contributed by atoms with Gasteiger partial charge in [-0.1, -0.05) is 35.5 Å². The fourth-order valence-corrected chi connectivity index (χ4v) is 1.68. The first-order valence-corrected chi connectivity index (χ1v) is 5.41. The van der Waals surface area contributed by atoms with E-state index in [2.05, 4.69) is 5.10 Å². The van der Waals surface area contributed by atoms with Gasteiger partial charge in [-0.3, -0.25) is 0 Å². The first kappa shape index (κ1) is 11.2. The van der Waals surface area contributed by atoms with E-state index >= 15 is 0 Å². The van der Waals surface area contributed by atoms with Crippen molar-refractivity contribution in [3.8, 4) is 0 Å². The minimum absolute atomic E-state index is 0.387. The van der Waals surface area contributed by atoms with E-state index in [1.54, 1.807) is 0 Å². The maximum Gasteiger partial charge on any atom is 0.177 e. The van der Waals surface area contributed by atoms with E-state index in [0.717, 1.165) is 21.9 Å². The lowest BCUT2D eigenvalue weighted by Gasteiger charge is -2.03. The van der Waals surface area contributed by atoms with Crippen molar-refractivity contribution < 1.29 is 0 Å². The van der Waals surface area contributed by atoms with Crippen molar-refractivity contribution in [2.45, 2.75) is 12.7 Å². The third-order valence-corrected chi connectivity index (χ3v) is 3.04. The monoisotopic (exact) mass is 229 g/mol. The van der Waals surface area contributed by atoms with Crippen molar-refractivity contribution in [2.24, 2.45) is 16.7 Å². The zero-order chi connectivity index (χ0) is 10.6. The van der Waals surface area contributed by atoms with Crippen molar-refractivity contribution in [3.05, 3.63) is 34.3 Å². The van der Waals surface area contributed by atoms with E-state index in [1.807, 2.05) is 25.1 Å². The van der Waals surface area contributed by atoms with Gasteiger partial charge >= 0.3 is 0 Å². The zero-order valence-corrected chi connectivity index (χ0v) is 9.40. The molecule has 76 valence electrons. The summed E-state index contributed by atoms with van der Waals surface area (Å²) in [7, 11) is 0. The number of hydrogen-bond donors (Lipinski definition) is 2. The third-order valence-electron chi connectivity index (χ3n) is 1.74. The van der Waals surface area contributed by atoms with E-state index in [0.29, 0.717) is 5.17 Å². The van der Waals surface area contributed by atoms with Gasteiger partial charge in [0.2, 0.25) is 0 Å². The van der Waals surface area contributed by atoms with Gasteiger partial charge in [0, 0.05) is 10.8 Å². The Kier molecular flexibility index (Phi) is 4.10. The van der Waals surface area contributed by atoms with Crippen LogP contribution < -0.4 is 11.6 Å². The van der Waals surface area contributed by atoms with Crippen LogP contribution in [0.1, 0.15) is 11.1 Å². The molecule has 1 aromatic carbocycles. The molecule has 0 heterocycles. The van der Waals surface area contributed by atoms with E-state index in [4.69, 9.17) is 23.2 Å². The molecule has 1 rings (SSSR count). The minimum Gasteiger partial charge on any atom is -0.377 e. The molecule has 14 heavy (non-hydrogen) atoms. The fraction of sp³-hybridized carbons (Fsp3) is 0.222. The van der Waals surface area contributed by atoms with Gasteiger partial charge in [-0.15, -0.1) is 0 Å². The Balaban J connectivity index is 2.64. The van der Waals surface area contributed by atoms with Crippen molar-refractivity contribution in [1.82, 2.24) is 0 Å². The van der Waals surface area contributed by atoms with Crippen molar-refractivity contribution >= 4 is 28.5 Å². The molecule has 0 fully saturated rings. The molecule has 4 N–H and O–H groups in total. The second kappa shape index (κ2) is 5.12. The predicted molar refractivity (Wildman–Crippen MR) is 63.3 cm³/mol. The molecule has 0 atom stereocenters. The number of benzene rings is 1. The van der Waals surface area contributed by atoms with Gasteiger partial charge in [-0.2, -0.15) is 5.10 Å². The molecule has 0 aliphatic carbocycles. The summed E-state index contributed by atoms with van der Waals surface area (Å²) in [6, 6.07) is 5.87.